The summed E-state index contributed by atoms with van der Waals surface area (Å²) in [6, 6.07) is 12.1. The van der Waals surface area contributed by atoms with Gasteiger partial charge < -0.3 is 14.8 Å². The molecule has 2 heterocycles. The van der Waals surface area contributed by atoms with Crippen LogP contribution in [0.1, 0.15) is 30.4 Å². The average molecular weight is 429 g/mol. The minimum atomic E-state index is -3.44. The Morgan fingerprint density at radius 3 is 2.50 bits per heavy atom. The fraction of sp³-hybridized carbons (Fsp3) is 0.318. The van der Waals surface area contributed by atoms with Gasteiger partial charge in [0.1, 0.15) is 0 Å². The number of benzene rings is 2. The molecule has 1 amide bonds. The highest BCUT2D eigenvalue weighted by atomic mass is 32.2. The molecule has 0 aromatic heterocycles. The van der Waals surface area contributed by atoms with Crippen LogP contribution in [0.3, 0.4) is 0 Å². The summed E-state index contributed by atoms with van der Waals surface area (Å²) in [5.41, 5.74) is 1.67. The standard InChI is InChI=1S/C22H24N2O5S/c25-22(11-7-17-6-10-20-21(14-17)29-16-28-20)23-15-18-4-8-19(9-5-18)30(26,27)24-12-2-1-3-13-24/h4-11,14H,1-3,12-13,15-16H2,(H,23,25)/b11-7+. The van der Waals surface area contributed by atoms with E-state index in [-0.39, 0.29) is 12.7 Å². The molecule has 30 heavy (non-hydrogen) atoms. The van der Waals surface area contributed by atoms with Crippen LogP contribution in [-0.2, 0) is 21.4 Å². The van der Waals surface area contributed by atoms with Gasteiger partial charge in [-0.3, -0.25) is 4.79 Å². The van der Waals surface area contributed by atoms with Gasteiger partial charge in [0.2, 0.25) is 22.7 Å². The van der Waals surface area contributed by atoms with E-state index in [9.17, 15) is 13.2 Å². The molecule has 2 aromatic carbocycles. The number of rotatable bonds is 6. The van der Waals surface area contributed by atoms with Crippen LogP contribution in [0.5, 0.6) is 11.5 Å². The zero-order chi connectivity index (χ0) is 21.0. The monoisotopic (exact) mass is 428 g/mol. The van der Waals surface area contributed by atoms with Gasteiger partial charge in [0.05, 0.1) is 4.90 Å². The van der Waals surface area contributed by atoms with E-state index >= 15 is 0 Å². The Kier molecular flexibility index (Phi) is 6.06. The highest BCUT2D eigenvalue weighted by Gasteiger charge is 2.25. The third kappa shape index (κ3) is 4.66. The molecule has 1 N–H and O–H groups in total. The van der Waals surface area contributed by atoms with E-state index in [1.165, 1.54) is 6.08 Å². The van der Waals surface area contributed by atoms with Crippen LogP contribution in [0.25, 0.3) is 6.08 Å². The van der Waals surface area contributed by atoms with Crippen molar-refractivity contribution in [2.24, 2.45) is 0 Å². The van der Waals surface area contributed by atoms with Crippen LogP contribution in [-0.4, -0.2) is 38.5 Å². The average Bonchev–Trinajstić information content (AvgIpc) is 3.25. The maximum atomic E-state index is 12.7. The molecule has 0 unspecified atom stereocenters. The summed E-state index contributed by atoms with van der Waals surface area (Å²) in [4.78, 5) is 12.4. The van der Waals surface area contributed by atoms with Crippen molar-refractivity contribution in [1.29, 1.82) is 0 Å². The molecule has 0 aliphatic carbocycles. The van der Waals surface area contributed by atoms with Crippen molar-refractivity contribution >= 4 is 22.0 Å². The van der Waals surface area contributed by atoms with Gasteiger partial charge in [-0.1, -0.05) is 24.6 Å². The Labute approximate surface area is 176 Å². The highest BCUT2D eigenvalue weighted by molar-refractivity contribution is 7.89. The minimum Gasteiger partial charge on any atom is -0.454 e. The van der Waals surface area contributed by atoms with E-state index in [0.717, 1.165) is 30.4 Å². The first-order valence-corrected chi connectivity index (χ1v) is 11.4. The molecular weight excluding hydrogens is 404 g/mol. The van der Waals surface area contributed by atoms with Gasteiger partial charge in [0.25, 0.3) is 0 Å². The maximum Gasteiger partial charge on any atom is 0.244 e. The quantitative estimate of drug-likeness (QED) is 0.715. The number of amides is 1. The van der Waals surface area contributed by atoms with Crippen LogP contribution in [0.2, 0.25) is 0 Å². The number of hydrogen-bond donors (Lipinski definition) is 1. The first kappa shape index (κ1) is 20.4. The summed E-state index contributed by atoms with van der Waals surface area (Å²) in [7, 11) is -3.44. The molecule has 1 fully saturated rings. The van der Waals surface area contributed by atoms with Crippen molar-refractivity contribution in [2.75, 3.05) is 19.9 Å². The van der Waals surface area contributed by atoms with Gasteiger partial charge in [0.15, 0.2) is 11.5 Å². The number of fused-ring (bicyclic) bond motifs is 1. The second-order valence-electron chi connectivity index (χ2n) is 7.27. The maximum absolute atomic E-state index is 12.7. The Morgan fingerprint density at radius 1 is 1.00 bits per heavy atom. The number of sulfonamides is 1. The zero-order valence-electron chi connectivity index (χ0n) is 16.5. The van der Waals surface area contributed by atoms with Crippen LogP contribution in [0.4, 0.5) is 0 Å². The molecule has 0 saturated carbocycles. The topological polar surface area (TPSA) is 84.9 Å². The molecule has 1 saturated heterocycles. The van der Waals surface area contributed by atoms with E-state index in [1.54, 1.807) is 40.7 Å². The number of carbonyl (C=O) groups is 1. The van der Waals surface area contributed by atoms with Gasteiger partial charge in [-0.25, -0.2) is 8.42 Å². The van der Waals surface area contributed by atoms with Crippen LogP contribution < -0.4 is 14.8 Å². The first-order valence-electron chi connectivity index (χ1n) is 9.97. The number of hydrogen-bond acceptors (Lipinski definition) is 5. The molecular formula is C22H24N2O5S. The SMILES string of the molecule is O=C(/C=C/c1ccc2c(c1)OCO2)NCc1ccc(S(=O)(=O)N2CCCCC2)cc1. The van der Waals surface area contributed by atoms with E-state index in [1.807, 2.05) is 12.1 Å². The smallest absolute Gasteiger partial charge is 0.244 e. The predicted molar refractivity (Wildman–Crippen MR) is 112 cm³/mol. The molecule has 7 nitrogen and oxygen atoms in total. The number of ether oxygens (including phenoxy) is 2. The molecule has 8 heteroatoms. The van der Waals surface area contributed by atoms with Crippen molar-refractivity contribution in [1.82, 2.24) is 9.62 Å². The lowest BCUT2D eigenvalue weighted by atomic mass is 10.2. The number of piperidine rings is 1. The summed E-state index contributed by atoms with van der Waals surface area (Å²) in [5, 5.41) is 2.80. The molecule has 4 rings (SSSR count). The van der Waals surface area contributed by atoms with Crippen molar-refractivity contribution in [3.63, 3.8) is 0 Å². The third-order valence-corrected chi connectivity index (χ3v) is 7.08. The Hall–Kier alpha value is -2.84. The van der Waals surface area contributed by atoms with Crippen LogP contribution >= 0.6 is 0 Å². The number of nitrogens with zero attached hydrogens (tertiary/aromatic N) is 1. The highest BCUT2D eigenvalue weighted by Crippen LogP contribution is 2.32. The molecule has 0 radical (unpaired) electrons. The molecule has 2 aliphatic rings. The van der Waals surface area contributed by atoms with Gasteiger partial charge in [-0.05, 0) is 54.3 Å². The predicted octanol–water partition coefficient (Wildman–Crippen LogP) is 2.92. The van der Waals surface area contributed by atoms with E-state index in [2.05, 4.69) is 5.32 Å². The fourth-order valence-electron chi connectivity index (χ4n) is 3.47. The van der Waals surface area contributed by atoms with Crippen LogP contribution in [0, 0.1) is 0 Å². The lowest BCUT2D eigenvalue weighted by molar-refractivity contribution is -0.116. The van der Waals surface area contributed by atoms with Crippen LogP contribution in [0.15, 0.2) is 53.4 Å². The molecule has 158 valence electrons. The third-order valence-electron chi connectivity index (χ3n) is 5.17. The van der Waals surface area contributed by atoms with Gasteiger partial charge in [-0.2, -0.15) is 4.31 Å². The Morgan fingerprint density at radius 2 is 1.73 bits per heavy atom. The summed E-state index contributed by atoms with van der Waals surface area (Å²) in [5.74, 6) is 1.12. The largest absolute Gasteiger partial charge is 0.454 e. The van der Waals surface area contributed by atoms with Gasteiger partial charge in [-0.15, -0.1) is 0 Å². The molecule has 0 bridgehead atoms. The van der Waals surface area contributed by atoms with E-state index in [4.69, 9.17) is 9.47 Å². The molecule has 0 spiro atoms. The second-order valence-corrected chi connectivity index (χ2v) is 9.21. The molecule has 2 aromatic rings. The molecule has 2 aliphatic heterocycles. The summed E-state index contributed by atoms with van der Waals surface area (Å²) in [6.07, 6.45) is 6.04. The van der Waals surface area contributed by atoms with Crippen molar-refractivity contribution in [2.45, 2.75) is 30.7 Å². The normalized spacial score (nSPS) is 16.7. The summed E-state index contributed by atoms with van der Waals surface area (Å²) in [6.45, 7) is 1.68. The van der Waals surface area contributed by atoms with Gasteiger partial charge >= 0.3 is 0 Å². The van der Waals surface area contributed by atoms with Crippen molar-refractivity contribution < 1.29 is 22.7 Å². The lowest BCUT2D eigenvalue weighted by Gasteiger charge is -2.25. The zero-order valence-corrected chi connectivity index (χ0v) is 17.4. The van der Waals surface area contributed by atoms with Crippen molar-refractivity contribution in [3.8, 4) is 11.5 Å². The van der Waals surface area contributed by atoms with Crippen molar-refractivity contribution in [3.05, 3.63) is 59.7 Å². The van der Waals surface area contributed by atoms with E-state index in [0.29, 0.717) is 36.0 Å². The Bertz CT molecular complexity index is 1040. The lowest BCUT2D eigenvalue weighted by Crippen LogP contribution is -2.35. The second kappa shape index (κ2) is 8.89. The number of nitrogens with one attached hydrogen (secondary N) is 1. The first-order chi connectivity index (χ1) is 14.5. The van der Waals surface area contributed by atoms with Gasteiger partial charge in [0, 0.05) is 25.7 Å². The number of carbonyl (C=O) groups excluding carboxylic acids is 1. The van der Waals surface area contributed by atoms with E-state index < -0.39 is 10.0 Å². The summed E-state index contributed by atoms with van der Waals surface area (Å²) < 4.78 is 37.5. The summed E-state index contributed by atoms with van der Waals surface area (Å²) >= 11 is 0. The minimum absolute atomic E-state index is 0.209. The Balaban J connectivity index is 1.32. The molecule has 0 atom stereocenters. The fourth-order valence-corrected chi connectivity index (χ4v) is 4.99.